The monoisotopic (exact) mass is 385 g/mol. The zero-order valence-corrected chi connectivity index (χ0v) is 15.1. The summed E-state index contributed by atoms with van der Waals surface area (Å²) in [5.74, 6) is 0.113. The van der Waals surface area contributed by atoms with Crippen LogP contribution in [0.1, 0.15) is 17.9 Å². The van der Waals surface area contributed by atoms with Crippen LogP contribution in [0.3, 0.4) is 0 Å². The Morgan fingerprint density at radius 2 is 2.19 bits per heavy atom. The molecule has 0 aliphatic rings. The lowest BCUT2D eigenvalue weighted by Gasteiger charge is -2.09. The number of carbonyl (C=O) groups is 1. The fraction of sp³-hybridized carbons (Fsp3) is 0.222. The molecule has 0 saturated heterocycles. The first-order chi connectivity index (χ1) is 13.2. The van der Waals surface area contributed by atoms with Crippen LogP contribution < -0.4 is 10.6 Å². The Morgan fingerprint density at radius 1 is 1.30 bits per heavy atom. The highest BCUT2D eigenvalue weighted by molar-refractivity contribution is 7.08. The van der Waals surface area contributed by atoms with Gasteiger partial charge in [-0.25, -0.2) is 4.39 Å². The molecule has 27 heavy (non-hydrogen) atoms. The summed E-state index contributed by atoms with van der Waals surface area (Å²) in [5, 5.41) is 26.4. The summed E-state index contributed by atoms with van der Waals surface area (Å²) >= 11 is 1.54. The van der Waals surface area contributed by atoms with Crippen molar-refractivity contribution in [2.75, 3.05) is 18.4 Å². The number of hydrogen-bond donors (Lipinski definition) is 2. The quantitative estimate of drug-likeness (QED) is 0.578. The summed E-state index contributed by atoms with van der Waals surface area (Å²) in [5.41, 5.74) is 1.23. The van der Waals surface area contributed by atoms with E-state index in [0.29, 0.717) is 37.0 Å². The van der Waals surface area contributed by atoms with Gasteiger partial charge < -0.3 is 15.1 Å². The normalized spacial score (nSPS) is 10.4. The molecule has 3 rings (SSSR count). The summed E-state index contributed by atoms with van der Waals surface area (Å²) in [6.45, 7) is 0.705. The van der Waals surface area contributed by atoms with Crippen molar-refractivity contribution < 1.29 is 13.6 Å². The Hall–Kier alpha value is -3.25. The van der Waals surface area contributed by atoms with Crippen LogP contribution in [-0.4, -0.2) is 29.2 Å². The molecule has 1 aromatic carbocycles. The molecule has 3 aromatic rings. The second kappa shape index (κ2) is 8.91. The first-order valence-corrected chi connectivity index (χ1v) is 9.16. The highest BCUT2D eigenvalue weighted by Crippen LogP contribution is 2.20. The van der Waals surface area contributed by atoms with Crippen LogP contribution >= 0.6 is 11.3 Å². The number of anilines is 1. The number of hydrogen-bond acceptors (Lipinski definition) is 7. The fourth-order valence-corrected chi connectivity index (χ4v) is 2.98. The highest BCUT2D eigenvalue weighted by Gasteiger charge is 2.11. The Morgan fingerprint density at radius 3 is 2.96 bits per heavy atom. The summed E-state index contributed by atoms with van der Waals surface area (Å²) < 4.78 is 19.0. The Balaban J connectivity index is 1.39. The van der Waals surface area contributed by atoms with E-state index in [2.05, 4.69) is 20.8 Å². The molecule has 0 bridgehead atoms. The van der Waals surface area contributed by atoms with Crippen molar-refractivity contribution in [3.63, 3.8) is 0 Å². The molecule has 138 valence electrons. The largest absolute Gasteiger partial charge is 0.421 e. The number of nitrogens with zero attached hydrogens (tertiary/aromatic N) is 3. The third kappa shape index (κ3) is 4.89. The molecule has 0 aliphatic heterocycles. The number of nitriles is 1. The third-order valence-electron chi connectivity index (χ3n) is 3.69. The van der Waals surface area contributed by atoms with E-state index in [9.17, 15) is 9.18 Å². The molecule has 9 heteroatoms. The molecule has 2 N–H and O–H groups in total. The molecule has 0 unspecified atom stereocenters. The number of halogens is 1. The minimum atomic E-state index is -0.576. The van der Waals surface area contributed by atoms with Crippen LogP contribution in [0.15, 0.2) is 39.4 Å². The number of aryl methyl sites for hydroxylation is 1. The molecule has 0 radical (unpaired) electrons. The maximum Gasteiger partial charge on any atom is 0.248 e. The summed E-state index contributed by atoms with van der Waals surface area (Å²) in [6, 6.07) is 8.07. The summed E-state index contributed by atoms with van der Waals surface area (Å²) in [7, 11) is 0. The third-order valence-corrected chi connectivity index (χ3v) is 4.37. The number of rotatable bonds is 8. The molecule has 0 spiro atoms. The van der Waals surface area contributed by atoms with Crippen LogP contribution in [0.25, 0.3) is 11.5 Å². The number of aromatic nitrogens is 2. The average Bonchev–Trinajstić information content (AvgIpc) is 3.35. The Labute approximate surface area is 158 Å². The van der Waals surface area contributed by atoms with E-state index >= 15 is 0 Å². The lowest BCUT2D eigenvalue weighted by molar-refractivity contribution is -0.121. The van der Waals surface area contributed by atoms with E-state index in [0.717, 1.165) is 5.56 Å². The van der Waals surface area contributed by atoms with E-state index < -0.39 is 5.82 Å². The molecule has 0 aliphatic carbocycles. The number of thiophene rings is 1. The van der Waals surface area contributed by atoms with Crippen LogP contribution in [0.5, 0.6) is 0 Å². The molecular weight excluding hydrogens is 369 g/mol. The van der Waals surface area contributed by atoms with Crippen LogP contribution in [0.2, 0.25) is 0 Å². The van der Waals surface area contributed by atoms with Crippen molar-refractivity contribution >= 4 is 22.9 Å². The molecule has 0 atom stereocenters. The lowest BCUT2D eigenvalue weighted by atomic mass is 10.2. The van der Waals surface area contributed by atoms with Crippen LogP contribution in [-0.2, 0) is 11.2 Å². The van der Waals surface area contributed by atoms with Gasteiger partial charge in [0.25, 0.3) is 0 Å². The van der Waals surface area contributed by atoms with Crippen molar-refractivity contribution in [1.29, 1.82) is 5.26 Å². The van der Waals surface area contributed by atoms with Crippen molar-refractivity contribution in [1.82, 2.24) is 15.5 Å². The second-order valence-electron chi connectivity index (χ2n) is 5.56. The summed E-state index contributed by atoms with van der Waals surface area (Å²) in [4.78, 5) is 11.9. The predicted molar refractivity (Wildman–Crippen MR) is 98.5 cm³/mol. The first kappa shape index (κ1) is 18.5. The van der Waals surface area contributed by atoms with Crippen molar-refractivity contribution in [2.45, 2.75) is 12.8 Å². The summed E-state index contributed by atoms with van der Waals surface area (Å²) in [6.07, 6.45) is 0.563. The maximum atomic E-state index is 13.5. The number of nitrogens with one attached hydrogen (secondary N) is 2. The standard InChI is InChI=1S/C18H16FN5O2S/c19-14-2-1-3-15(13(14)10-20)21-7-8-22-16(25)4-5-17-23-24-18(26-17)12-6-9-27-11-12/h1-3,6,9,11,21H,4-5,7-8H2,(H,22,25). The van der Waals surface area contributed by atoms with E-state index in [1.807, 2.05) is 22.9 Å². The van der Waals surface area contributed by atoms with E-state index in [1.54, 1.807) is 6.07 Å². The lowest BCUT2D eigenvalue weighted by Crippen LogP contribution is -2.29. The SMILES string of the molecule is N#Cc1c(F)cccc1NCCNC(=O)CCc1nnc(-c2ccsc2)o1. The minimum Gasteiger partial charge on any atom is -0.421 e. The maximum absolute atomic E-state index is 13.5. The van der Waals surface area contributed by atoms with Crippen molar-refractivity contribution in [2.24, 2.45) is 0 Å². The van der Waals surface area contributed by atoms with Gasteiger partial charge in [-0.2, -0.15) is 16.6 Å². The molecular formula is C18H16FN5O2S. The van der Waals surface area contributed by atoms with Crippen LogP contribution in [0, 0.1) is 17.1 Å². The van der Waals surface area contributed by atoms with Gasteiger partial charge in [-0.15, -0.1) is 10.2 Å². The molecule has 7 nitrogen and oxygen atoms in total. The van der Waals surface area contributed by atoms with Crippen molar-refractivity contribution in [3.8, 4) is 17.5 Å². The van der Waals surface area contributed by atoms with E-state index in [-0.39, 0.29) is 17.9 Å². The van der Waals surface area contributed by atoms with E-state index in [1.165, 1.54) is 23.5 Å². The van der Waals surface area contributed by atoms with Gasteiger partial charge >= 0.3 is 0 Å². The number of benzene rings is 1. The van der Waals surface area contributed by atoms with Gasteiger partial charge in [0.2, 0.25) is 17.7 Å². The zero-order chi connectivity index (χ0) is 19.1. The van der Waals surface area contributed by atoms with Gasteiger partial charge in [-0.05, 0) is 23.6 Å². The molecule has 1 amide bonds. The van der Waals surface area contributed by atoms with Gasteiger partial charge in [-0.1, -0.05) is 6.07 Å². The molecule has 0 saturated carbocycles. The van der Waals surface area contributed by atoms with Crippen LogP contribution in [0.4, 0.5) is 10.1 Å². The zero-order valence-electron chi connectivity index (χ0n) is 14.2. The Kier molecular flexibility index (Phi) is 6.12. The van der Waals surface area contributed by atoms with Gasteiger partial charge in [0, 0.05) is 36.9 Å². The molecule has 2 heterocycles. The fourth-order valence-electron chi connectivity index (χ4n) is 2.35. The number of amides is 1. The van der Waals surface area contributed by atoms with Crippen molar-refractivity contribution in [3.05, 3.63) is 52.3 Å². The molecule has 0 fully saturated rings. The second-order valence-corrected chi connectivity index (χ2v) is 6.34. The van der Waals surface area contributed by atoms with Gasteiger partial charge in [0.15, 0.2) is 0 Å². The highest BCUT2D eigenvalue weighted by atomic mass is 32.1. The van der Waals surface area contributed by atoms with Gasteiger partial charge in [0.1, 0.15) is 17.4 Å². The Bertz CT molecular complexity index is 949. The first-order valence-electron chi connectivity index (χ1n) is 8.21. The van der Waals surface area contributed by atoms with Gasteiger partial charge in [0.05, 0.1) is 5.69 Å². The van der Waals surface area contributed by atoms with Gasteiger partial charge in [-0.3, -0.25) is 4.79 Å². The molecule has 2 aromatic heterocycles. The van der Waals surface area contributed by atoms with E-state index in [4.69, 9.17) is 9.68 Å². The predicted octanol–water partition coefficient (Wildman–Crippen LogP) is 2.97. The number of carbonyl (C=O) groups excluding carboxylic acids is 1. The topological polar surface area (TPSA) is 104 Å². The minimum absolute atomic E-state index is 0.0401. The average molecular weight is 385 g/mol. The smallest absolute Gasteiger partial charge is 0.248 e.